The number of pyridine rings is 1. The fourth-order valence-electron chi connectivity index (χ4n) is 3.16. The number of hydrogen-bond donors (Lipinski definition) is 0. The van der Waals surface area contributed by atoms with E-state index in [1.807, 2.05) is 18.5 Å². The first-order valence-corrected chi connectivity index (χ1v) is 7.10. The van der Waals surface area contributed by atoms with Crippen molar-refractivity contribution in [3.05, 3.63) is 47.8 Å². The molecule has 0 spiro atoms. The summed E-state index contributed by atoms with van der Waals surface area (Å²) in [7, 11) is 0. The van der Waals surface area contributed by atoms with E-state index < -0.39 is 0 Å². The van der Waals surface area contributed by atoms with Crippen LogP contribution in [0.3, 0.4) is 0 Å². The minimum Gasteiger partial charge on any atom is -0.335 e. The van der Waals surface area contributed by atoms with Crippen molar-refractivity contribution >= 4 is 22.9 Å². The van der Waals surface area contributed by atoms with Gasteiger partial charge in [0, 0.05) is 36.6 Å². The van der Waals surface area contributed by atoms with Crippen molar-refractivity contribution in [3.8, 4) is 11.1 Å². The second-order valence-electron chi connectivity index (χ2n) is 5.18. The lowest BCUT2D eigenvalue weighted by atomic mass is 9.94. The SMILES string of the molecule is S=C1CCc2cc(-c3cccnc3)cc3c2N1CC3. The van der Waals surface area contributed by atoms with Crippen LogP contribution in [0.2, 0.25) is 0 Å². The molecule has 0 bridgehead atoms. The van der Waals surface area contributed by atoms with Gasteiger partial charge in [0.25, 0.3) is 0 Å². The van der Waals surface area contributed by atoms with Crippen LogP contribution in [-0.2, 0) is 12.8 Å². The highest BCUT2D eigenvalue weighted by Gasteiger charge is 2.29. The van der Waals surface area contributed by atoms with Gasteiger partial charge in [-0.05, 0) is 47.7 Å². The van der Waals surface area contributed by atoms with Crippen molar-refractivity contribution in [2.45, 2.75) is 19.3 Å². The number of aromatic nitrogens is 1. The van der Waals surface area contributed by atoms with Gasteiger partial charge in [-0.3, -0.25) is 4.98 Å². The van der Waals surface area contributed by atoms with Gasteiger partial charge in [0.15, 0.2) is 0 Å². The lowest BCUT2D eigenvalue weighted by molar-refractivity contribution is 0.943. The van der Waals surface area contributed by atoms with Gasteiger partial charge < -0.3 is 4.90 Å². The maximum atomic E-state index is 5.48. The Morgan fingerprint density at radius 1 is 1.05 bits per heavy atom. The van der Waals surface area contributed by atoms with Crippen molar-refractivity contribution in [3.63, 3.8) is 0 Å². The lowest BCUT2D eigenvalue weighted by Crippen LogP contribution is -2.31. The summed E-state index contributed by atoms with van der Waals surface area (Å²) < 4.78 is 0. The molecule has 19 heavy (non-hydrogen) atoms. The number of aryl methyl sites for hydroxylation is 1. The van der Waals surface area contributed by atoms with E-state index >= 15 is 0 Å². The van der Waals surface area contributed by atoms with Crippen LogP contribution in [0.1, 0.15) is 17.5 Å². The molecular weight excluding hydrogens is 252 g/mol. The second kappa shape index (κ2) is 4.14. The lowest BCUT2D eigenvalue weighted by Gasteiger charge is -2.28. The molecule has 0 unspecified atom stereocenters. The molecule has 1 aromatic carbocycles. The van der Waals surface area contributed by atoms with Crippen molar-refractivity contribution in [2.24, 2.45) is 0 Å². The van der Waals surface area contributed by atoms with Crippen LogP contribution >= 0.6 is 12.2 Å². The second-order valence-corrected chi connectivity index (χ2v) is 5.65. The van der Waals surface area contributed by atoms with Crippen molar-refractivity contribution in [1.82, 2.24) is 4.98 Å². The van der Waals surface area contributed by atoms with E-state index in [0.717, 1.165) is 30.8 Å². The predicted molar refractivity (Wildman–Crippen MR) is 81.6 cm³/mol. The molecule has 2 aliphatic heterocycles. The Morgan fingerprint density at radius 3 is 2.68 bits per heavy atom. The standard InChI is InChI=1S/C16H14N2S/c19-15-4-3-11-8-14(13-2-1-6-17-10-13)9-12-5-7-18(15)16(11)12/h1-2,6,8-10H,3-5,7H2. The molecular formula is C16H14N2S. The predicted octanol–water partition coefficient (Wildman–Crippen LogP) is 3.38. The minimum absolute atomic E-state index is 1.01. The van der Waals surface area contributed by atoms with Crippen LogP contribution in [0.15, 0.2) is 36.7 Å². The zero-order chi connectivity index (χ0) is 12.8. The van der Waals surface area contributed by atoms with E-state index in [2.05, 4.69) is 28.1 Å². The normalized spacial score (nSPS) is 16.6. The van der Waals surface area contributed by atoms with Gasteiger partial charge >= 0.3 is 0 Å². The first-order valence-electron chi connectivity index (χ1n) is 6.69. The fourth-order valence-corrected chi connectivity index (χ4v) is 3.44. The molecule has 0 amide bonds. The maximum Gasteiger partial charge on any atom is 0.0827 e. The van der Waals surface area contributed by atoms with Crippen LogP contribution in [0.25, 0.3) is 11.1 Å². The highest BCUT2D eigenvalue weighted by molar-refractivity contribution is 7.80. The highest BCUT2D eigenvalue weighted by atomic mass is 32.1. The fraction of sp³-hybridized carbons (Fsp3) is 0.250. The first-order chi connectivity index (χ1) is 9.33. The summed E-state index contributed by atoms with van der Waals surface area (Å²) in [6, 6.07) is 8.75. The van der Waals surface area contributed by atoms with E-state index in [1.165, 1.54) is 27.9 Å². The Morgan fingerprint density at radius 2 is 1.89 bits per heavy atom. The number of nitrogens with zero attached hydrogens (tertiary/aromatic N) is 2. The monoisotopic (exact) mass is 266 g/mol. The van der Waals surface area contributed by atoms with Gasteiger partial charge in [0.05, 0.1) is 4.99 Å². The third kappa shape index (κ3) is 1.69. The zero-order valence-electron chi connectivity index (χ0n) is 10.6. The minimum atomic E-state index is 1.01. The van der Waals surface area contributed by atoms with Gasteiger partial charge in [0.2, 0.25) is 0 Å². The quantitative estimate of drug-likeness (QED) is 0.736. The smallest absolute Gasteiger partial charge is 0.0827 e. The molecule has 2 nitrogen and oxygen atoms in total. The zero-order valence-corrected chi connectivity index (χ0v) is 11.4. The third-order valence-electron chi connectivity index (χ3n) is 4.05. The molecule has 1 aromatic heterocycles. The molecule has 0 N–H and O–H groups in total. The molecule has 0 saturated carbocycles. The largest absolute Gasteiger partial charge is 0.335 e. The highest BCUT2D eigenvalue weighted by Crippen LogP contribution is 2.39. The molecule has 0 atom stereocenters. The number of rotatable bonds is 1. The number of benzene rings is 1. The number of thiocarbonyl (C=S) groups is 1. The van der Waals surface area contributed by atoms with Crippen molar-refractivity contribution in [1.29, 1.82) is 0 Å². The van der Waals surface area contributed by atoms with E-state index in [1.54, 1.807) is 0 Å². The Bertz CT molecular complexity index is 664. The number of hydrogen-bond acceptors (Lipinski definition) is 2. The summed E-state index contributed by atoms with van der Waals surface area (Å²) in [5.74, 6) is 0. The molecule has 94 valence electrons. The van der Waals surface area contributed by atoms with Crippen molar-refractivity contribution in [2.75, 3.05) is 11.4 Å². The van der Waals surface area contributed by atoms with Crippen LogP contribution in [0.4, 0.5) is 5.69 Å². The van der Waals surface area contributed by atoms with Gasteiger partial charge in [-0.25, -0.2) is 0 Å². The molecule has 0 radical (unpaired) electrons. The summed E-state index contributed by atoms with van der Waals surface area (Å²) in [6.07, 6.45) is 6.95. The van der Waals surface area contributed by atoms with E-state index in [4.69, 9.17) is 12.2 Å². The Hall–Kier alpha value is -1.74. The Balaban J connectivity index is 1.89. The van der Waals surface area contributed by atoms with Crippen LogP contribution < -0.4 is 4.90 Å². The summed E-state index contributed by atoms with van der Waals surface area (Å²) in [5, 5.41) is 0. The van der Waals surface area contributed by atoms with E-state index in [0.29, 0.717) is 0 Å². The molecule has 0 aliphatic carbocycles. The van der Waals surface area contributed by atoms with Gasteiger partial charge in [0.1, 0.15) is 0 Å². The molecule has 3 heteroatoms. The van der Waals surface area contributed by atoms with Crippen LogP contribution in [-0.4, -0.2) is 16.5 Å². The third-order valence-corrected chi connectivity index (χ3v) is 4.47. The summed E-state index contributed by atoms with van der Waals surface area (Å²) >= 11 is 5.48. The summed E-state index contributed by atoms with van der Waals surface area (Å²) in [5.41, 5.74) is 6.77. The topological polar surface area (TPSA) is 16.1 Å². The number of anilines is 1. The van der Waals surface area contributed by atoms with Gasteiger partial charge in [-0.2, -0.15) is 0 Å². The van der Waals surface area contributed by atoms with E-state index in [-0.39, 0.29) is 0 Å². The average molecular weight is 266 g/mol. The Labute approximate surface area is 118 Å². The van der Waals surface area contributed by atoms with Gasteiger partial charge in [-0.15, -0.1) is 0 Å². The van der Waals surface area contributed by atoms with Crippen LogP contribution in [0, 0.1) is 0 Å². The molecule has 0 fully saturated rings. The molecule has 0 saturated heterocycles. The van der Waals surface area contributed by atoms with E-state index in [9.17, 15) is 0 Å². The molecule has 3 heterocycles. The van der Waals surface area contributed by atoms with Gasteiger partial charge in [-0.1, -0.05) is 18.3 Å². The summed E-state index contributed by atoms with van der Waals surface area (Å²) in [6.45, 7) is 1.05. The average Bonchev–Trinajstić information content (AvgIpc) is 2.89. The molecule has 2 aliphatic rings. The molecule has 2 aromatic rings. The first kappa shape index (κ1) is 11.1. The summed E-state index contributed by atoms with van der Waals surface area (Å²) in [4.78, 5) is 7.66. The van der Waals surface area contributed by atoms with Crippen molar-refractivity contribution < 1.29 is 0 Å². The maximum absolute atomic E-state index is 5.48. The Kier molecular flexibility index (Phi) is 2.42. The molecule has 4 rings (SSSR count). The van der Waals surface area contributed by atoms with Crippen LogP contribution in [0.5, 0.6) is 0 Å².